The van der Waals surface area contributed by atoms with Gasteiger partial charge in [-0.05, 0) is 48.6 Å². The molecule has 1 aromatic carbocycles. The molecule has 2 heterocycles. The van der Waals surface area contributed by atoms with Crippen LogP contribution in [-0.4, -0.2) is 22.5 Å². The van der Waals surface area contributed by atoms with Crippen molar-refractivity contribution in [3.05, 3.63) is 54.2 Å². The summed E-state index contributed by atoms with van der Waals surface area (Å²) in [5.74, 6) is -0.123. The van der Waals surface area contributed by atoms with Crippen LogP contribution in [0.2, 0.25) is 0 Å². The molecule has 0 saturated carbocycles. The van der Waals surface area contributed by atoms with Crippen molar-refractivity contribution < 1.29 is 9.18 Å². The zero-order valence-corrected chi connectivity index (χ0v) is 13.4. The average molecular weight is 324 g/mol. The molecule has 0 spiro atoms. The van der Waals surface area contributed by atoms with Crippen molar-refractivity contribution in [2.24, 2.45) is 0 Å². The first-order valence-electron chi connectivity index (χ1n) is 7.65. The van der Waals surface area contributed by atoms with Gasteiger partial charge in [0.15, 0.2) is 0 Å². The molecule has 0 aliphatic carbocycles. The third kappa shape index (κ3) is 3.03. The summed E-state index contributed by atoms with van der Waals surface area (Å²) in [6, 6.07) is 8.57. The molecule has 2 aromatic heterocycles. The van der Waals surface area contributed by atoms with Gasteiger partial charge in [0.2, 0.25) is 5.95 Å². The Labute approximate surface area is 138 Å². The maximum Gasteiger partial charge on any atom is 0.320 e. The minimum Gasteiger partial charge on any atom is -0.338 e. The first kappa shape index (κ1) is 15.9. The molecule has 0 fully saturated rings. The molecule has 0 unspecified atom stereocenters. The molecule has 0 radical (unpaired) electrons. The Balaban J connectivity index is 2.14. The molecule has 0 aliphatic rings. The molecule has 0 aliphatic heterocycles. The van der Waals surface area contributed by atoms with Crippen LogP contribution >= 0.6 is 0 Å². The number of carbonyl (C=O) groups excluding carboxylic acids is 1. The predicted octanol–water partition coefficient (Wildman–Crippen LogP) is 3.89. The minimum atomic E-state index is -0.530. The second kappa shape index (κ2) is 6.62. The number of nitrogens with one attached hydrogen (secondary N) is 2. The fraction of sp³-hybridized carbons (Fsp3) is 0.167. The van der Waals surface area contributed by atoms with Gasteiger partial charge in [-0.2, -0.15) is 4.39 Å². The number of aryl methyl sites for hydroxylation is 1. The van der Waals surface area contributed by atoms with Crippen LogP contribution in [0.1, 0.15) is 12.5 Å². The van der Waals surface area contributed by atoms with Gasteiger partial charge < -0.3 is 5.32 Å². The van der Waals surface area contributed by atoms with Crippen LogP contribution in [0, 0.1) is 12.9 Å². The summed E-state index contributed by atoms with van der Waals surface area (Å²) in [4.78, 5) is 19.7. The molecule has 2 amide bonds. The van der Waals surface area contributed by atoms with E-state index < -0.39 is 5.95 Å². The van der Waals surface area contributed by atoms with Crippen LogP contribution < -0.4 is 10.6 Å². The number of amides is 2. The molecule has 122 valence electrons. The van der Waals surface area contributed by atoms with E-state index in [1.807, 2.05) is 26.0 Å². The first-order valence-corrected chi connectivity index (χ1v) is 7.65. The van der Waals surface area contributed by atoms with Crippen LogP contribution in [-0.2, 0) is 0 Å². The number of rotatable bonds is 3. The van der Waals surface area contributed by atoms with Crippen molar-refractivity contribution in [2.45, 2.75) is 13.8 Å². The number of urea groups is 1. The second-order valence-corrected chi connectivity index (χ2v) is 5.37. The number of benzene rings is 1. The smallest absolute Gasteiger partial charge is 0.320 e. The number of hydrogen-bond donors (Lipinski definition) is 2. The van der Waals surface area contributed by atoms with Gasteiger partial charge in [0, 0.05) is 29.9 Å². The Morgan fingerprint density at radius 1 is 1.17 bits per heavy atom. The SMILES string of the molecule is CCNC(=O)Nc1cc2c(-c3cccnc3F)ccc(C)c2cn1. The Morgan fingerprint density at radius 3 is 2.75 bits per heavy atom. The van der Waals surface area contributed by atoms with Gasteiger partial charge in [0.1, 0.15) is 5.82 Å². The van der Waals surface area contributed by atoms with Gasteiger partial charge in [-0.3, -0.25) is 5.32 Å². The van der Waals surface area contributed by atoms with E-state index in [2.05, 4.69) is 20.6 Å². The summed E-state index contributed by atoms with van der Waals surface area (Å²) in [6.07, 6.45) is 3.10. The van der Waals surface area contributed by atoms with Crippen LogP contribution in [0.25, 0.3) is 21.9 Å². The normalized spacial score (nSPS) is 10.6. The van der Waals surface area contributed by atoms with E-state index in [1.54, 1.807) is 24.4 Å². The summed E-state index contributed by atoms with van der Waals surface area (Å²) < 4.78 is 14.1. The minimum absolute atomic E-state index is 0.328. The molecule has 0 saturated heterocycles. The zero-order valence-electron chi connectivity index (χ0n) is 13.4. The lowest BCUT2D eigenvalue weighted by Gasteiger charge is -2.12. The molecule has 3 rings (SSSR count). The summed E-state index contributed by atoms with van der Waals surface area (Å²) in [6.45, 7) is 4.31. The number of aromatic nitrogens is 2. The molecular weight excluding hydrogens is 307 g/mol. The van der Waals surface area contributed by atoms with Crippen LogP contribution in [0.15, 0.2) is 42.7 Å². The lowest BCUT2D eigenvalue weighted by Crippen LogP contribution is -2.28. The van der Waals surface area contributed by atoms with E-state index in [0.717, 1.165) is 16.3 Å². The number of hydrogen-bond acceptors (Lipinski definition) is 3. The maximum atomic E-state index is 14.1. The first-order chi connectivity index (χ1) is 11.6. The molecule has 0 bridgehead atoms. The Morgan fingerprint density at radius 2 is 2.00 bits per heavy atom. The quantitative estimate of drug-likeness (QED) is 0.718. The van der Waals surface area contributed by atoms with Gasteiger partial charge >= 0.3 is 6.03 Å². The lowest BCUT2D eigenvalue weighted by molar-refractivity contribution is 0.252. The highest BCUT2D eigenvalue weighted by Crippen LogP contribution is 2.32. The van der Waals surface area contributed by atoms with Crippen molar-refractivity contribution in [2.75, 3.05) is 11.9 Å². The van der Waals surface area contributed by atoms with Crippen molar-refractivity contribution in [3.63, 3.8) is 0 Å². The number of carbonyl (C=O) groups is 1. The Hall–Kier alpha value is -3.02. The summed E-state index contributed by atoms with van der Waals surface area (Å²) in [7, 11) is 0. The van der Waals surface area contributed by atoms with Crippen LogP contribution in [0.5, 0.6) is 0 Å². The highest BCUT2D eigenvalue weighted by Gasteiger charge is 2.12. The standard InChI is InChI=1S/C18H17FN4O/c1-3-20-18(24)23-16-9-14-12(13-5-4-8-21-17(13)19)7-6-11(2)15(14)10-22-16/h4-10H,3H2,1-2H3,(H2,20,22,23,24). The maximum absolute atomic E-state index is 14.1. The molecule has 24 heavy (non-hydrogen) atoms. The van der Waals surface area contributed by atoms with Gasteiger partial charge in [-0.25, -0.2) is 14.8 Å². The highest BCUT2D eigenvalue weighted by molar-refractivity contribution is 6.00. The third-order valence-corrected chi connectivity index (χ3v) is 3.75. The Bertz CT molecular complexity index is 911. The van der Waals surface area contributed by atoms with E-state index in [4.69, 9.17) is 0 Å². The molecular formula is C18H17FN4O. The van der Waals surface area contributed by atoms with Gasteiger partial charge in [0.25, 0.3) is 0 Å². The van der Waals surface area contributed by atoms with Gasteiger partial charge in [-0.1, -0.05) is 12.1 Å². The van der Waals surface area contributed by atoms with Crippen LogP contribution in [0.3, 0.4) is 0 Å². The number of nitrogens with zero attached hydrogens (tertiary/aromatic N) is 2. The topological polar surface area (TPSA) is 66.9 Å². The van der Waals surface area contributed by atoms with Crippen molar-refractivity contribution in [1.29, 1.82) is 0 Å². The number of pyridine rings is 2. The molecule has 6 heteroatoms. The third-order valence-electron chi connectivity index (χ3n) is 3.75. The fourth-order valence-corrected chi connectivity index (χ4v) is 2.59. The summed E-state index contributed by atoms with van der Waals surface area (Å²) in [5, 5.41) is 7.04. The highest BCUT2D eigenvalue weighted by atomic mass is 19.1. The van der Waals surface area contributed by atoms with Gasteiger partial charge in [-0.15, -0.1) is 0 Å². The summed E-state index contributed by atoms with van der Waals surface area (Å²) in [5.41, 5.74) is 2.15. The van der Waals surface area contributed by atoms with E-state index in [9.17, 15) is 9.18 Å². The molecule has 3 aromatic rings. The van der Waals surface area contributed by atoms with E-state index in [1.165, 1.54) is 6.20 Å². The predicted molar refractivity (Wildman–Crippen MR) is 92.4 cm³/mol. The molecule has 0 atom stereocenters. The van der Waals surface area contributed by atoms with Gasteiger partial charge in [0.05, 0.1) is 0 Å². The second-order valence-electron chi connectivity index (χ2n) is 5.37. The fourth-order valence-electron chi connectivity index (χ4n) is 2.59. The lowest BCUT2D eigenvalue weighted by atomic mass is 9.97. The zero-order chi connectivity index (χ0) is 17.1. The van der Waals surface area contributed by atoms with E-state index in [0.29, 0.717) is 23.5 Å². The average Bonchev–Trinajstić information content (AvgIpc) is 2.56. The largest absolute Gasteiger partial charge is 0.338 e. The summed E-state index contributed by atoms with van der Waals surface area (Å²) >= 11 is 0. The number of fused-ring (bicyclic) bond motifs is 1. The van der Waals surface area contributed by atoms with E-state index in [-0.39, 0.29) is 6.03 Å². The molecule has 5 nitrogen and oxygen atoms in total. The van der Waals surface area contributed by atoms with E-state index >= 15 is 0 Å². The number of halogens is 1. The molecule has 2 N–H and O–H groups in total. The number of anilines is 1. The van der Waals surface area contributed by atoms with Crippen molar-refractivity contribution in [1.82, 2.24) is 15.3 Å². The monoisotopic (exact) mass is 324 g/mol. The van der Waals surface area contributed by atoms with Crippen molar-refractivity contribution >= 4 is 22.6 Å². The Kier molecular flexibility index (Phi) is 4.37. The van der Waals surface area contributed by atoms with Crippen LogP contribution in [0.4, 0.5) is 15.0 Å². The van der Waals surface area contributed by atoms with Crippen molar-refractivity contribution in [3.8, 4) is 11.1 Å².